The van der Waals surface area contributed by atoms with Crippen molar-refractivity contribution in [2.45, 2.75) is 0 Å². The number of aromatic nitrogens is 2. The molecule has 5 rings (SSSR count). The number of hydrogen-bond donors (Lipinski definition) is 1. The Balaban J connectivity index is 1.29. The lowest BCUT2D eigenvalue weighted by Gasteiger charge is -2.08. The van der Waals surface area contributed by atoms with Crippen LogP contribution in [0.25, 0.3) is 11.4 Å². The Hall–Kier alpha value is -3.91. The van der Waals surface area contributed by atoms with Crippen molar-refractivity contribution in [1.29, 1.82) is 0 Å². The van der Waals surface area contributed by atoms with Crippen LogP contribution in [0.1, 0.15) is 10.4 Å². The molecule has 0 amide bonds. The van der Waals surface area contributed by atoms with Gasteiger partial charge in [0.25, 0.3) is 0 Å². The molecule has 2 aromatic heterocycles. The van der Waals surface area contributed by atoms with E-state index in [-0.39, 0.29) is 6.79 Å². The number of nitrogens with zero attached hydrogens (tertiary/aromatic N) is 2. The van der Waals surface area contributed by atoms with Crippen molar-refractivity contribution in [3.63, 3.8) is 0 Å². The SMILES string of the molecule is O=C(Oc1cccc(Nc2nc(-c3ccccn3)cs2)c1)c1ccc2c(c1)OCO2. The van der Waals surface area contributed by atoms with Crippen LogP contribution >= 0.6 is 11.3 Å². The fraction of sp³-hybridized carbons (Fsp3) is 0.0455. The van der Waals surface area contributed by atoms with E-state index >= 15 is 0 Å². The van der Waals surface area contributed by atoms with E-state index in [4.69, 9.17) is 14.2 Å². The molecule has 0 saturated carbocycles. The van der Waals surface area contributed by atoms with Crippen LogP contribution in [0, 0.1) is 0 Å². The van der Waals surface area contributed by atoms with Crippen molar-refractivity contribution >= 4 is 28.1 Å². The molecule has 0 atom stereocenters. The molecule has 7 nitrogen and oxygen atoms in total. The third-order valence-electron chi connectivity index (χ3n) is 4.34. The average molecular weight is 417 g/mol. The maximum Gasteiger partial charge on any atom is 0.343 e. The first-order valence-electron chi connectivity index (χ1n) is 9.10. The normalized spacial score (nSPS) is 11.9. The Bertz CT molecular complexity index is 1210. The second-order valence-corrected chi connectivity index (χ2v) is 7.22. The number of rotatable bonds is 5. The minimum Gasteiger partial charge on any atom is -0.454 e. The number of anilines is 2. The summed E-state index contributed by atoms with van der Waals surface area (Å²) in [5.41, 5.74) is 2.76. The van der Waals surface area contributed by atoms with Gasteiger partial charge in [-0.3, -0.25) is 4.98 Å². The number of ether oxygens (including phenoxy) is 3. The average Bonchev–Trinajstić information content (AvgIpc) is 3.43. The standard InChI is InChI=1S/C22H15N3O4S/c26-21(14-7-8-19-20(10-14)28-13-27-19)29-16-5-3-4-15(11-16)24-22-25-18(12-30-22)17-6-1-2-9-23-17/h1-12H,13H2,(H,24,25). The predicted octanol–water partition coefficient (Wildman–Crippen LogP) is 4.90. The summed E-state index contributed by atoms with van der Waals surface area (Å²) in [6.45, 7) is 0.153. The van der Waals surface area contributed by atoms with Gasteiger partial charge < -0.3 is 19.5 Å². The van der Waals surface area contributed by atoms with Gasteiger partial charge in [-0.25, -0.2) is 9.78 Å². The highest BCUT2D eigenvalue weighted by Crippen LogP contribution is 2.33. The van der Waals surface area contributed by atoms with Gasteiger partial charge >= 0.3 is 5.97 Å². The number of pyridine rings is 1. The summed E-state index contributed by atoms with van der Waals surface area (Å²) in [7, 11) is 0. The van der Waals surface area contributed by atoms with Crippen LogP contribution in [-0.2, 0) is 0 Å². The van der Waals surface area contributed by atoms with Crippen LogP contribution in [0.15, 0.2) is 72.2 Å². The summed E-state index contributed by atoms with van der Waals surface area (Å²) in [4.78, 5) is 21.4. The highest BCUT2D eigenvalue weighted by Gasteiger charge is 2.17. The van der Waals surface area contributed by atoms with E-state index in [9.17, 15) is 4.79 Å². The van der Waals surface area contributed by atoms with Crippen LogP contribution in [0.2, 0.25) is 0 Å². The quantitative estimate of drug-likeness (QED) is 0.365. The van der Waals surface area contributed by atoms with Crippen molar-refractivity contribution in [2.75, 3.05) is 12.1 Å². The van der Waals surface area contributed by atoms with Crippen LogP contribution in [0.5, 0.6) is 17.2 Å². The molecule has 2 aromatic carbocycles. The third kappa shape index (κ3) is 3.81. The number of hydrogen-bond acceptors (Lipinski definition) is 8. The van der Waals surface area contributed by atoms with Gasteiger partial charge in [-0.1, -0.05) is 12.1 Å². The van der Waals surface area contributed by atoms with Gasteiger partial charge in [0, 0.05) is 23.3 Å². The zero-order valence-electron chi connectivity index (χ0n) is 15.6. The van der Waals surface area contributed by atoms with E-state index < -0.39 is 5.97 Å². The van der Waals surface area contributed by atoms with Crippen molar-refractivity contribution in [3.8, 4) is 28.6 Å². The molecule has 4 aromatic rings. The van der Waals surface area contributed by atoms with Gasteiger partial charge in [0.05, 0.1) is 11.3 Å². The Morgan fingerprint density at radius 3 is 2.83 bits per heavy atom. The van der Waals surface area contributed by atoms with E-state index in [2.05, 4.69) is 15.3 Å². The van der Waals surface area contributed by atoms with Gasteiger partial charge in [-0.05, 0) is 42.5 Å². The molecule has 148 valence electrons. The Labute approximate surface area is 175 Å². The Morgan fingerprint density at radius 2 is 1.93 bits per heavy atom. The highest BCUT2D eigenvalue weighted by molar-refractivity contribution is 7.14. The first kappa shape index (κ1) is 18.1. The molecule has 0 unspecified atom stereocenters. The number of nitrogens with one attached hydrogen (secondary N) is 1. The van der Waals surface area contributed by atoms with Crippen molar-refractivity contribution in [2.24, 2.45) is 0 Å². The molecule has 1 aliphatic heterocycles. The first-order chi connectivity index (χ1) is 14.7. The number of benzene rings is 2. The zero-order valence-corrected chi connectivity index (χ0v) is 16.4. The number of thiazole rings is 1. The molecule has 30 heavy (non-hydrogen) atoms. The molecule has 0 aliphatic carbocycles. The van der Waals surface area contributed by atoms with E-state index in [1.54, 1.807) is 42.6 Å². The summed E-state index contributed by atoms with van der Waals surface area (Å²) >= 11 is 1.47. The minimum atomic E-state index is -0.475. The van der Waals surface area contributed by atoms with Crippen molar-refractivity contribution < 1.29 is 19.0 Å². The first-order valence-corrected chi connectivity index (χ1v) is 9.98. The molecule has 1 N–H and O–H groups in total. The van der Waals surface area contributed by atoms with Crippen LogP contribution < -0.4 is 19.5 Å². The van der Waals surface area contributed by atoms with Crippen LogP contribution in [0.3, 0.4) is 0 Å². The van der Waals surface area contributed by atoms with Crippen LogP contribution in [-0.4, -0.2) is 22.7 Å². The van der Waals surface area contributed by atoms with E-state index in [1.165, 1.54) is 11.3 Å². The lowest BCUT2D eigenvalue weighted by atomic mass is 10.2. The minimum absolute atomic E-state index is 0.153. The summed E-state index contributed by atoms with van der Waals surface area (Å²) in [6, 6.07) is 17.8. The third-order valence-corrected chi connectivity index (χ3v) is 5.09. The maximum atomic E-state index is 12.5. The monoisotopic (exact) mass is 417 g/mol. The largest absolute Gasteiger partial charge is 0.454 e. The Kier molecular flexibility index (Phi) is 4.74. The van der Waals surface area contributed by atoms with Crippen molar-refractivity contribution in [1.82, 2.24) is 9.97 Å². The van der Waals surface area contributed by atoms with Gasteiger partial charge in [-0.2, -0.15) is 0 Å². The molecular formula is C22H15N3O4S. The molecule has 3 heterocycles. The summed E-state index contributed by atoms with van der Waals surface area (Å²) in [6.07, 6.45) is 1.74. The zero-order chi connectivity index (χ0) is 20.3. The van der Waals surface area contributed by atoms with Crippen LogP contribution in [0.4, 0.5) is 10.8 Å². The van der Waals surface area contributed by atoms with Gasteiger partial charge in [0.15, 0.2) is 16.6 Å². The summed E-state index contributed by atoms with van der Waals surface area (Å²) in [5, 5.41) is 5.89. The fourth-order valence-electron chi connectivity index (χ4n) is 2.91. The molecule has 8 heteroatoms. The fourth-order valence-corrected chi connectivity index (χ4v) is 3.64. The molecular weight excluding hydrogens is 402 g/mol. The van der Waals surface area contributed by atoms with Gasteiger partial charge in [0.1, 0.15) is 11.4 Å². The molecule has 1 aliphatic rings. The lowest BCUT2D eigenvalue weighted by Crippen LogP contribution is -2.08. The van der Waals surface area contributed by atoms with Gasteiger partial charge in [-0.15, -0.1) is 11.3 Å². The maximum absolute atomic E-state index is 12.5. The van der Waals surface area contributed by atoms with Gasteiger partial charge in [0.2, 0.25) is 6.79 Å². The number of carbonyl (C=O) groups is 1. The summed E-state index contributed by atoms with van der Waals surface area (Å²) in [5.74, 6) is 1.10. The molecule has 0 saturated heterocycles. The van der Waals surface area contributed by atoms with Crippen molar-refractivity contribution in [3.05, 3.63) is 77.8 Å². The molecule has 0 fully saturated rings. The molecule has 0 bridgehead atoms. The highest BCUT2D eigenvalue weighted by atomic mass is 32.1. The Morgan fingerprint density at radius 1 is 1.00 bits per heavy atom. The van der Waals surface area contributed by atoms with E-state index in [0.29, 0.717) is 22.8 Å². The number of carbonyl (C=O) groups excluding carboxylic acids is 1. The molecule has 0 radical (unpaired) electrons. The smallest absolute Gasteiger partial charge is 0.343 e. The molecule has 0 spiro atoms. The van der Waals surface area contributed by atoms with E-state index in [0.717, 1.165) is 22.2 Å². The predicted molar refractivity (Wildman–Crippen MR) is 113 cm³/mol. The summed E-state index contributed by atoms with van der Waals surface area (Å²) < 4.78 is 16.1. The number of fused-ring (bicyclic) bond motifs is 1. The van der Waals surface area contributed by atoms with E-state index in [1.807, 2.05) is 29.6 Å². The lowest BCUT2D eigenvalue weighted by molar-refractivity contribution is 0.0734. The number of esters is 1. The second-order valence-electron chi connectivity index (χ2n) is 6.36. The topological polar surface area (TPSA) is 82.6 Å². The second kappa shape index (κ2) is 7.84.